The van der Waals surface area contributed by atoms with E-state index in [1.54, 1.807) is 0 Å². The largest absolute Gasteiger partial charge is 0.324 e. The van der Waals surface area contributed by atoms with Gasteiger partial charge in [-0.3, -0.25) is 10.1 Å². The van der Waals surface area contributed by atoms with Crippen LogP contribution >= 0.6 is 0 Å². The Morgan fingerprint density at radius 1 is 0.738 bits per heavy atom. The van der Waals surface area contributed by atoms with Gasteiger partial charge in [-0.2, -0.15) is 5.10 Å². The van der Waals surface area contributed by atoms with Crippen molar-refractivity contribution in [3.8, 4) is 0 Å². The summed E-state index contributed by atoms with van der Waals surface area (Å²) in [5.41, 5.74) is 11.3. The van der Waals surface area contributed by atoms with Gasteiger partial charge in [0.1, 0.15) is 5.54 Å². The van der Waals surface area contributed by atoms with Crippen LogP contribution in [-0.2, 0) is 10.3 Å². The van der Waals surface area contributed by atoms with Gasteiger partial charge in [0.2, 0.25) is 5.91 Å². The fraction of sp³-hybridized carbons (Fsp3) is 0.297. The summed E-state index contributed by atoms with van der Waals surface area (Å²) in [6.07, 6.45) is 2.94. The lowest BCUT2D eigenvalue weighted by molar-refractivity contribution is -0.124. The molecule has 5 nitrogen and oxygen atoms in total. The summed E-state index contributed by atoms with van der Waals surface area (Å²) in [7, 11) is 0. The van der Waals surface area contributed by atoms with Crippen molar-refractivity contribution in [3.63, 3.8) is 0 Å². The number of nitrogens with zero attached hydrogens (tertiary/aromatic N) is 1. The molecule has 2 spiro atoms. The van der Waals surface area contributed by atoms with E-state index in [1.165, 1.54) is 27.8 Å². The average Bonchev–Trinajstić information content (AvgIpc) is 3.67. The second kappa shape index (κ2) is 9.40. The first kappa shape index (κ1) is 25.5. The van der Waals surface area contributed by atoms with Crippen molar-refractivity contribution < 1.29 is 4.79 Å². The lowest BCUT2D eigenvalue weighted by Gasteiger charge is -2.50. The topological polar surface area (TPSA) is 65.5 Å². The Morgan fingerprint density at radius 2 is 1.38 bits per heavy atom. The maximum atomic E-state index is 14.7. The number of amides is 1. The minimum absolute atomic E-state index is 0.00229. The predicted molar refractivity (Wildman–Crippen MR) is 167 cm³/mol. The molecule has 0 radical (unpaired) electrons. The first-order chi connectivity index (χ1) is 20.5. The number of hydrazone groups is 1. The quantitative estimate of drug-likeness (QED) is 0.255. The van der Waals surface area contributed by atoms with E-state index in [9.17, 15) is 4.79 Å². The van der Waals surface area contributed by atoms with E-state index >= 15 is 0 Å². The Kier molecular flexibility index (Phi) is 5.70. The summed E-state index contributed by atoms with van der Waals surface area (Å²) < 4.78 is 0. The van der Waals surface area contributed by atoms with Gasteiger partial charge in [0.15, 0.2) is 0 Å². The summed E-state index contributed by atoms with van der Waals surface area (Å²) >= 11 is 0. The fourth-order valence-electron chi connectivity index (χ4n) is 8.70. The highest BCUT2D eigenvalue weighted by Crippen LogP contribution is 2.69. The second-order valence-corrected chi connectivity index (χ2v) is 12.7. The molecular weight excluding hydrogens is 516 g/mol. The number of hydrogen-bond donors (Lipinski definition) is 3. The van der Waals surface area contributed by atoms with Crippen molar-refractivity contribution in [3.05, 3.63) is 137 Å². The first-order valence-electron chi connectivity index (χ1n) is 15.2. The van der Waals surface area contributed by atoms with E-state index in [0.717, 1.165) is 36.2 Å². The highest BCUT2D eigenvalue weighted by atomic mass is 16.2. The van der Waals surface area contributed by atoms with Gasteiger partial charge in [-0.1, -0.05) is 115 Å². The molecule has 0 aromatic heterocycles. The zero-order valence-electron chi connectivity index (χ0n) is 24.1. The lowest BCUT2D eigenvalue weighted by Crippen LogP contribution is -2.60. The number of aryl methyl sites for hydroxylation is 2. The Morgan fingerprint density at radius 3 is 2.12 bits per heavy atom. The molecule has 3 aliphatic heterocycles. The molecular formula is C37H36N4O. The van der Waals surface area contributed by atoms with Crippen LogP contribution in [0.25, 0.3) is 0 Å². The Balaban J connectivity index is 1.39. The summed E-state index contributed by atoms with van der Waals surface area (Å²) in [4.78, 5) is 14.7. The number of hydrogen-bond acceptors (Lipinski definition) is 4. The smallest absolute Gasteiger partial charge is 0.250 e. The number of anilines is 1. The molecule has 2 fully saturated rings. The molecule has 1 saturated heterocycles. The first-order valence-corrected chi connectivity index (χ1v) is 15.2. The normalized spacial score (nSPS) is 31.0. The van der Waals surface area contributed by atoms with Crippen LogP contribution < -0.4 is 16.1 Å². The van der Waals surface area contributed by atoms with Crippen molar-refractivity contribution in [2.75, 3.05) is 5.32 Å². The molecule has 4 aromatic rings. The SMILES string of the molecule is Cc1ccc(C2NN=C3C2CCCC32C(c3ccc(C)cc3)C(c3ccccc3)NC23C(=O)Nc2ccccc23)cc1. The summed E-state index contributed by atoms with van der Waals surface area (Å²) in [5, 5.41) is 12.6. The average molecular weight is 553 g/mol. The molecule has 4 aliphatic rings. The van der Waals surface area contributed by atoms with Gasteiger partial charge >= 0.3 is 0 Å². The number of benzene rings is 4. The van der Waals surface area contributed by atoms with Gasteiger partial charge < -0.3 is 10.7 Å². The molecule has 1 amide bonds. The number of carbonyl (C=O) groups excluding carboxylic acids is 1. The molecule has 6 atom stereocenters. The van der Waals surface area contributed by atoms with Crippen LogP contribution in [0.3, 0.4) is 0 Å². The molecule has 4 aromatic carbocycles. The van der Waals surface area contributed by atoms with Crippen LogP contribution in [0.1, 0.15) is 70.6 Å². The number of rotatable bonds is 3. The molecule has 0 bridgehead atoms. The van der Waals surface area contributed by atoms with Gasteiger partial charge in [0, 0.05) is 29.1 Å². The molecule has 42 heavy (non-hydrogen) atoms. The van der Waals surface area contributed by atoms with Gasteiger partial charge in [0.05, 0.1) is 17.2 Å². The van der Waals surface area contributed by atoms with E-state index in [0.29, 0.717) is 0 Å². The number of carbonyl (C=O) groups is 1. The van der Waals surface area contributed by atoms with Crippen LogP contribution in [0.4, 0.5) is 5.69 Å². The highest BCUT2D eigenvalue weighted by molar-refractivity contribution is 6.13. The van der Waals surface area contributed by atoms with Crippen molar-refractivity contribution in [2.24, 2.45) is 16.4 Å². The standard InChI is InChI=1S/C37H36N4O/c1-23-14-18-25(19-15-23)31-33(26-9-4-3-5-10-26)39-37(29-12-6-7-13-30(29)38-35(37)42)36(31)22-8-11-28-32(40-41-34(28)36)27-20-16-24(2)17-21-27/h3-7,9-10,12-21,28,31-33,39-40H,8,11,22H2,1-2H3,(H,38,42). The second-order valence-electron chi connectivity index (χ2n) is 12.7. The van der Waals surface area contributed by atoms with Crippen LogP contribution in [0.5, 0.6) is 0 Å². The Labute approximate surface area is 247 Å². The van der Waals surface area contributed by atoms with E-state index in [4.69, 9.17) is 5.10 Å². The molecule has 3 heterocycles. The zero-order valence-corrected chi connectivity index (χ0v) is 24.1. The van der Waals surface area contributed by atoms with Gasteiger partial charge in [0.25, 0.3) is 0 Å². The number of nitrogens with one attached hydrogen (secondary N) is 3. The van der Waals surface area contributed by atoms with E-state index in [1.807, 2.05) is 12.1 Å². The maximum absolute atomic E-state index is 14.7. The van der Waals surface area contributed by atoms with Gasteiger partial charge in [-0.25, -0.2) is 0 Å². The molecule has 210 valence electrons. The van der Waals surface area contributed by atoms with E-state index < -0.39 is 11.0 Å². The molecule has 1 saturated carbocycles. The third-order valence-corrected chi connectivity index (χ3v) is 10.5. The number of fused-ring (bicyclic) bond motifs is 5. The van der Waals surface area contributed by atoms with Gasteiger partial charge in [-0.15, -0.1) is 0 Å². The zero-order chi connectivity index (χ0) is 28.5. The monoisotopic (exact) mass is 552 g/mol. The van der Waals surface area contributed by atoms with Crippen LogP contribution in [0.15, 0.2) is 108 Å². The minimum atomic E-state index is -0.957. The summed E-state index contributed by atoms with van der Waals surface area (Å²) in [6, 6.07) is 36.8. The van der Waals surface area contributed by atoms with Crippen molar-refractivity contribution in [1.29, 1.82) is 0 Å². The predicted octanol–water partition coefficient (Wildman–Crippen LogP) is 7.07. The fourth-order valence-corrected chi connectivity index (χ4v) is 8.70. The maximum Gasteiger partial charge on any atom is 0.250 e. The third kappa shape index (κ3) is 3.40. The third-order valence-electron chi connectivity index (χ3n) is 10.5. The van der Waals surface area contributed by atoms with Gasteiger partial charge in [-0.05, 0) is 49.4 Å². The van der Waals surface area contributed by atoms with Crippen LogP contribution in [-0.4, -0.2) is 11.6 Å². The summed E-state index contributed by atoms with van der Waals surface area (Å²) in [5.74, 6) is 0.224. The molecule has 6 unspecified atom stereocenters. The molecule has 3 N–H and O–H groups in total. The van der Waals surface area contributed by atoms with Crippen LogP contribution in [0.2, 0.25) is 0 Å². The molecule has 5 heteroatoms. The lowest BCUT2D eigenvalue weighted by atomic mass is 9.51. The molecule has 8 rings (SSSR count). The molecule has 1 aliphatic carbocycles. The minimum Gasteiger partial charge on any atom is -0.324 e. The van der Waals surface area contributed by atoms with Crippen molar-refractivity contribution >= 4 is 17.3 Å². The van der Waals surface area contributed by atoms with E-state index in [-0.39, 0.29) is 29.8 Å². The van der Waals surface area contributed by atoms with Crippen molar-refractivity contribution in [2.45, 2.75) is 56.7 Å². The van der Waals surface area contributed by atoms with E-state index in [2.05, 4.69) is 121 Å². The Hall–Kier alpha value is -4.22. The van der Waals surface area contributed by atoms with Crippen LogP contribution in [0, 0.1) is 25.2 Å². The summed E-state index contributed by atoms with van der Waals surface area (Å²) in [6.45, 7) is 4.26. The highest BCUT2D eigenvalue weighted by Gasteiger charge is 2.74. The number of para-hydroxylation sites is 1. The Bertz CT molecular complexity index is 1700. The van der Waals surface area contributed by atoms with Crippen molar-refractivity contribution in [1.82, 2.24) is 10.7 Å².